The number of rotatable bonds is 6. The zero-order chi connectivity index (χ0) is 20.1. The number of halogens is 1. The molecule has 3 rings (SSSR count). The molecule has 29 heavy (non-hydrogen) atoms. The van der Waals surface area contributed by atoms with Gasteiger partial charge in [-0.3, -0.25) is 9.79 Å². The molecule has 1 aromatic rings. The average Bonchev–Trinajstić information content (AvgIpc) is 3.41. The fraction of sp³-hybridized carbons (Fsp3) is 0.762. The van der Waals surface area contributed by atoms with Crippen molar-refractivity contribution in [1.29, 1.82) is 0 Å². The number of guanidine groups is 1. The van der Waals surface area contributed by atoms with Crippen LogP contribution in [0.1, 0.15) is 68.9 Å². The van der Waals surface area contributed by atoms with Crippen LogP contribution in [0.2, 0.25) is 0 Å². The Kier molecular flexibility index (Phi) is 9.23. The molecule has 164 valence electrons. The van der Waals surface area contributed by atoms with Crippen LogP contribution in [-0.2, 0) is 4.79 Å². The summed E-state index contributed by atoms with van der Waals surface area (Å²) in [5, 5.41) is 10.9. The van der Waals surface area contributed by atoms with Crippen LogP contribution in [0.15, 0.2) is 9.52 Å². The van der Waals surface area contributed by atoms with Gasteiger partial charge < -0.3 is 20.1 Å². The van der Waals surface area contributed by atoms with Gasteiger partial charge in [-0.25, -0.2) is 0 Å². The SMILES string of the molecule is CCNC(=NCC(C)c1c(C)noc1C)NC1CCN(C(=O)C2CCCC2)C1.I. The van der Waals surface area contributed by atoms with Crippen LogP contribution >= 0.6 is 24.0 Å². The summed E-state index contributed by atoms with van der Waals surface area (Å²) in [7, 11) is 0. The van der Waals surface area contributed by atoms with Crippen molar-refractivity contribution in [2.45, 2.75) is 71.8 Å². The summed E-state index contributed by atoms with van der Waals surface area (Å²) in [5.74, 6) is 2.55. The van der Waals surface area contributed by atoms with Gasteiger partial charge in [-0.05, 0) is 40.0 Å². The third-order valence-electron chi connectivity index (χ3n) is 5.99. The number of carbonyl (C=O) groups excluding carboxylic acids is 1. The van der Waals surface area contributed by atoms with Gasteiger partial charge in [0.25, 0.3) is 0 Å². The van der Waals surface area contributed by atoms with Gasteiger partial charge in [-0.15, -0.1) is 24.0 Å². The second-order valence-electron chi connectivity index (χ2n) is 8.25. The first-order valence-electron chi connectivity index (χ1n) is 10.8. The van der Waals surface area contributed by atoms with Gasteiger partial charge in [0.15, 0.2) is 5.96 Å². The number of amides is 1. The van der Waals surface area contributed by atoms with Crippen LogP contribution < -0.4 is 10.6 Å². The van der Waals surface area contributed by atoms with Crippen LogP contribution in [0, 0.1) is 19.8 Å². The van der Waals surface area contributed by atoms with E-state index in [-0.39, 0.29) is 41.9 Å². The van der Waals surface area contributed by atoms with E-state index in [9.17, 15) is 4.79 Å². The molecule has 0 aromatic carbocycles. The van der Waals surface area contributed by atoms with E-state index in [0.717, 1.165) is 61.9 Å². The topological polar surface area (TPSA) is 82.8 Å². The lowest BCUT2D eigenvalue weighted by Crippen LogP contribution is -2.45. The molecular weight excluding hydrogens is 481 g/mol. The van der Waals surface area contributed by atoms with Crippen LogP contribution in [0.25, 0.3) is 0 Å². The standard InChI is InChI=1S/C21H35N5O2.HI/c1-5-22-21(23-12-14(2)19-15(3)25-28-16(19)4)24-18-10-11-26(13-18)20(27)17-8-6-7-9-17;/h14,17-18H,5-13H2,1-4H3,(H2,22,23,24);1H. The predicted octanol–water partition coefficient (Wildman–Crippen LogP) is 3.36. The first kappa shape index (κ1) is 24.0. The Morgan fingerprint density at radius 2 is 2.03 bits per heavy atom. The van der Waals surface area contributed by atoms with E-state index < -0.39 is 0 Å². The first-order chi connectivity index (χ1) is 13.5. The summed E-state index contributed by atoms with van der Waals surface area (Å²) < 4.78 is 5.29. The van der Waals surface area contributed by atoms with Crippen molar-refractivity contribution in [1.82, 2.24) is 20.7 Å². The highest BCUT2D eigenvalue weighted by Crippen LogP contribution is 2.28. The van der Waals surface area contributed by atoms with Gasteiger partial charge in [0.1, 0.15) is 5.76 Å². The van der Waals surface area contributed by atoms with Crippen LogP contribution in [0.4, 0.5) is 0 Å². The largest absolute Gasteiger partial charge is 0.361 e. The molecule has 8 heteroatoms. The second kappa shape index (κ2) is 11.2. The van der Waals surface area contributed by atoms with E-state index in [2.05, 4.69) is 29.6 Å². The lowest BCUT2D eigenvalue weighted by Gasteiger charge is -2.21. The molecule has 1 amide bonds. The Balaban J connectivity index is 0.00000300. The molecule has 2 N–H and O–H groups in total. The molecule has 2 heterocycles. The monoisotopic (exact) mass is 517 g/mol. The number of carbonyl (C=O) groups is 1. The number of aliphatic imine (C=N–C) groups is 1. The maximum Gasteiger partial charge on any atom is 0.225 e. The number of aromatic nitrogens is 1. The van der Waals surface area contributed by atoms with Crippen LogP contribution in [0.3, 0.4) is 0 Å². The van der Waals surface area contributed by atoms with Gasteiger partial charge in [0, 0.05) is 49.6 Å². The van der Waals surface area contributed by atoms with Crippen molar-refractivity contribution >= 4 is 35.8 Å². The molecule has 2 atom stereocenters. The minimum Gasteiger partial charge on any atom is -0.361 e. The smallest absolute Gasteiger partial charge is 0.225 e. The summed E-state index contributed by atoms with van der Waals surface area (Å²) in [6, 6.07) is 0.262. The van der Waals surface area contributed by atoms with Crippen molar-refractivity contribution in [3.05, 3.63) is 17.0 Å². The maximum atomic E-state index is 12.7. The van der Waals surface area contributed by atoms with E-state index >= 15 is 0 Å². The molecule has 2 aliphatic rings. The van der Waals surface area contributed by atoms with Crippen LogP contribution in [-0.4, -0.2) is 54.1 Å². The molecule has 2 unspecified atom stereocenters. The molecule has 1 aliphatic carbocycles. The number of hydrogen-bond donors (Lipinski definition) is 2. The molecule has 1 saturated heterocycles. The van der Waals surface area contributed by atoms with Gasteiger partial charge in [-0.1, -0.05) is 24.9 Å². The highest BCUT2D eigenvalue weighted by Gasteiger charge is 2.32. The van der Waals surface area contributed by atoms with E-state index in [4.69, 9.17) is 9.52 Å². The molecule has 7 nitrogen and oxygen atoms in total. The van der Waals surface area contributed by atoms with Gasteiger partial charge in [0.2, 0.25) is 5.91 Å². The Hall–Kier alpha value is -1.32. The minimum atomic E-state index is 0. The first-order valence-corrected chi connectivity index (χ1v) is 10.8. The van der Waals surface area contributed by atoms with Crippen molar-refractivity contribution in [3.63, 3.8) is 0 Å². The fourth-order valence-electron chi connectivity index (χ4n) is 4.54. The molecule has 0 bridgehead atoms. The summed E-state index contributed by atoms with van der Waals surface area (Å²) in [6.07, 6.45) is 5.51. The summed E-state index contributed by atoms with van der Waals surface area (Å²) in [5.41, 5.74) is 2.09. The Morgan fingerprint density at radius 3 is 2.66 bits per heavy atom. The van der Waals surface area contributed by atoms with Gasteiger partial charge >= 0.3 is 0 Å². The lowest BCUT2D eigenvalue weighted by molar-refractivity contribution is -0.134. The lowest BCUT2D eigenvalue weighted by atomic mass is 10.00. The Labute approximate surface area is 191 Å². The van der Waals surface area contributed by atoms with Gasteiger partial charge in [-0.2, -0.15) is 0 Å². The van der Waals surface area contributed by atoms with Crippen molar-refractivity contribution in [3.8, 4) is 0 Å². The van der Waals surface area contributed by atoms with Crippen molar-refractivity contribution < 1.29 is 9.32 Å². The molecular formula is C21H36IN5O2. The zero-order valence-corrected chi connectivity index (χ0v) is 20.5. The number of nitrogens with one attached hydrogen (secondary N) is 2. The summed E-state index contributed by atoms with van der Waals surface area (Å²) in [4.78, 5) is 19.5. The van der Waals surface area contributed by atoms with E-state index in [0.29, 0.717) is 12.5 Å². The zero-order valence-electron chi connectivity index (χ0n) is 18.2. The van der Waals surface area contributed by atoms with Gasteiger partial charge in [0.05, 0.1) is 5.69 Å². The average molecular weight is 517 g/mol. The fourth-order valence-corrected chi connectivity index (χ4v) is 4.54. The molecule has 1 saturated carbocycles. The van der Waals surface area contributed by atoms with Crippen molar-refractivity contribution in [2.24, 2.45) is 10.9 Å². The number of nitrogens with zero attached hydrogens (tertiary/aromatic N) is 3. The summed E-state index contributed by atoms with van der Waals surface area (Å²) in [6.45, 7) is 11.2. The van der Waals surface area contributed by atoms with E-state index in [1.165, 1.54) is 12.8 Å². The number of aryl methyl sites for hydroxylation is 2. The number of hydrogen-bond acceptors (Lipinski definition) is 4. The molecule has 2 fully saturated rings. The second-order valence-corrected chi connectivity index (χ2v) is 8.25. The Bertz CT molecular complexity index is 680. The normalized spacial score (nSPS) is 21.2. The minimum absolute atomic E-state index is 0. The summed E-state index contributed by atoms with van der Waals surface area (Å²) >= 11 is 0. The Morgan fingerprint density at radius 1 is 1.31 bits per heavy atom. The predicted molar refractivity (Wildman–Crippen MR) is 126 cm³/mol. The quantitative estimate of drug-likeness (QED) is 0.344. The van der Waals surface area contributed by atoms with E-state index in [1.54, 1.807) is 0 Å². The number of likely N-dealkylation sites (tertiary alicyclic amines) is 1. The van der Waals surface area contributed by atoms with Crippen LogP contribution in [0.5, 0.6) is 0 Å². The molecule has 0 radical (unpaired) electrons. The third kappa shape index (κ3) is 6.08. The maximum absolute atomic E-state index is 12.7. The molecule has 1 aromatic heterocycles. The molecule has 1 aliphatic heterocycles. The van der Waals surface area contributed by atoms with Crippen molar-refractivity contribution in [2.75, 3.05) is 26.2 Å². The highest BCUT2D eigenvalue weighted by atomic mass is 127. The molecule has 0 spiro atoms. The highest BCUT2D eigenvalue weighted by molar-refractivity contribution is 14.0. The third-order valence-corrected chi connectivity index (χ3v) is 5.99. The van der Waals surface area contributed by atoms with E-state index in [1.807, 2.05) is 18.7 Å².